The topological polar surface area (TPSA) is 38.5 Å². The van der Waals surface area contributed by atoms with Gasteiger partial charge in [0, 0.05) is 24.5 Å². The summed E-state index contributed by atoms with van der Waals surface area (Å²) < 4.78 is 5.83. The maximum atomic E-state index is 5.95. The van der Waals surface area contributed by atoms with Crippen LogP contribution < -0.4 is 10.6 Å². The quantitative estimate of drug-likeness (QED) is 0.732. The molecule has 3 nitrogen and oxygen atoms in total. The van der Waals surface area contributed by atoms with Crippen LogP contribution in [0.1, 0.15) is 18.4 Å². The molecule has 2 fully saturated rings. The predicted octanol–water partition coefficient (Wildman–Crippen LogP) is 1.94. The van der Waals surface area contributed by atoms with E-state index in [0.29, 0.717) is 12.2 Å². The number of ether oxygens (including phenoxy) is 1. The van der Waals surface area contributed by atoms with Crippen LogP contribution in [0.4, 0.5) is 11.4 Å². The van der Waals surface area contributed by atoms with Crippen LogP contribution in [0.5, 0.6) is 0 Å². The molecule has 2 unspecified atom stereocenters. The molecule has 2 heterocycles. The molecule has 86 valence electrons. The van der Waals surface area contributed by atoms with E-state index in [9.17, 15) is 0 Å². The molecule has 1 aromatic rings. The van der Waals surface area contributed by atoms with Gasteiger partial charge >= 0.3 is 0 Å². The molecule has 3 heteroatoms. The van der Waals surface area contributed by atoms with E-state index in [4.69, 9.17) is 10.5 Å². The standard InChI is InChI=1S/C13H18N2O/c1-9-2-3-10(6-13(9)14)15-7-11-4-5-12(8-15)16-11/h2-3,6,11-12H,4-5,7-8,14H2,1H3. The SMILES string of the molecule is Cc1ccc(N2CC3CCC(C2)O3)cc1N. The Labute approximate surface area is 96.2 Å². The Morgan fingerprint density at radius 2 is 1.94 bits per heavy atom. The molecule has 2 aliphatic heterocycles. The van der Waals surface area contributed by atoms with Crippen LogP contribution in [0.2, 0.25) is 0 Å². The summed E-state index contributed by atoms with van der Waals surface area (Å²) >= 11 is 0. The molecule has 1 aromatic carbocycles. The number of nitrogens with zero attached hydrogens (tertiary/aromatic N) is 1. The van der Waals surface area contributed by atoms with Crippen molar-refractivity contribution >= 4 is 11.4 Å². The summed E-state index contributed by atoms with van der Waals surface area (Å²) in [4.78, 5) is 2.40. The second-order valence-electron chi connectivity index (χ2n) is 4.90. The fourth-order valence-corrected chi connectivity index (χ4v) is 2.65. The van der Waals surface area contributed by atoms with Gasteiger partial charge in [-0.1, -0.05) is 6.07 Å². The Balaban J connectivity index is 1.84. The van der Waals surface area contributed by atoms with E-state index in [0.717, 1.165) is 24.3 Å². The average Bonchev–Trinajstić information content (AvgIpc) is 2.62. The number of morpholine rings is 1. The summed E-state index contributed by atoms with van der Waals surface area (Å²) in [5, 5.41) is 0. The molecule has 0 amide bonds. The van der Waals surface area contributed by atoms with Gasteiger partial charge in [-0.25, -0.2) is 0 Å². The summed E-state index contributed by atoms with van der Waals surface area (Å²) in [6.45, 7) is 4.07. The van der Waals surface area contributed by atoms with E-state index in [-0.39, 0.29) is 0 Å². The van der Waals surface area contributed by atoms with E-state index in [1.807, 2.05) is 6.92 Å². The lowest BCUT2D eigenvalue weighted by atomic mass is 10.1. The lowest BCUT2D eigenvalue weighted by molar-refractivity contribution is 0.0305. The predicted molar refractivity (Wildman–Crippen MR) is 65.7 cm³/mol. The average molecular weight is 218 g/mol. The number of rotatable bonds is 1. The molecule has 0 spiro atoms. The van der Waals surface area contributed by atoms with E-state index >= 15 is 0 Å². The molecule has 16 heavy (non-hydrogen) atoms. The van der Waals surface area contributed by atoms with Gasteiger partial charge in [-0.05, 0) is 37.5 Å². The number of nitrogens with two attached hydrogens (primary N) is 1. The van der Waals surface area contributed by atoms with Crippen molar-refractivity contribution in [2.24, 2.45) is 0 Å². The second-order valence-corrected chi connectivity index (χ2v) is 4.90. The van der Waals surface area contributed by atoms with Crippen LogP contribution in [0.25, 0.3) is 0 Å². The van der Waals surface area contributed by atoms with Gasteiger partial charge in [-0.2, -0.15) is 0 Å². The molecule has 2 saturated heterocycles. The molecule has 3 rings (SSSR count). The number of anilines is 2. The Hall–Kier alpha value is -1.22. The van der Waals surface area contributed by atoms with Gasteiger partial charge in [-0.15, -0.1) is 0 Å². The van der Waals surface area contributed by atoms with Crippen molar-refractivity contribution in [2.45, 2.75) is 32.0 Å². The van der Waals surface area contributed by atoms with Gasteiger partial charge in [0.1, 0.15) is 0 Å². The highest BCUT2D eigenvalue weighted by molar-refractivity contribution is 5.60. The molecular weight excluding hydrogens is 200 g/mol. The highest BCUT2D eigenvalue weighted by Crippen LogP contribution is 2.30. The molecule has 0 radical (unpaired) electrons. The highest BCUT2D eigenvalue weighted by atomic mass is 16.5. The lowest BCUT2D eigenvalue weighted by Gasteiger charge is -2.34. The Morgan fingerprint density at radius 3 is 2.56 bits per heavy atom. The van der Waals surface area contributed by atoms with Gasteiger partial charge in [-0.3, -0.25) is 0 Å². The van der Waals surface area contributed by atoms with Crippen molar-refractivity contribution in [1.29, 1.82) is 0 Å². The Kier molecular flexibility index (Phi) is 2.28. The van der Waals surface area contributed by atoms with Crippen LogP contribution in [-0.2, 0) is 4.74 Å². The summed E-state index contributed by atoms with van der Waals surface area (Å²) in [5.41, 5.74) is 9.23. The van der Waals surface area contributed by atoms with Gasteiger partial charge in [0.05, 0.1) is 12.2 Å². The number of hydrogen-bond acceptors (Lipinski definition) is 3. The fourth-order valence-electron chi connectivity index (χ4n) is 2.65. The van der Waals surface area contributed by atoms with Crippen LogP contribution in [-0.4, -0.2) is 25.3 Å². The first-order chi connectivity index (χ1) is 7.72. The summed E-state index contributed by atoms with van der Waals surface area (Å²) in [7, 11) is 0. The first-order valence-electron chi connectivity index (χ1n) is 5.99. The highest BCUT2D eigenvalue weighted by Gasteiger charge is 2.33. The minimum absolute atomic E-state index is 0.432. The molecule has 2 N–H and O–H groups in total. The van der Waals surface area contributed by atoms with Crippen LogP contribution in [0, 0.1) is 6.92 Å². The van der Waals surface area contributed by atoms with E-state index in [1.54, 1.807) is 0 Å². The van der Waals surface area contributed by atoms with Crippen molar-refractivity contribution in [3.05, 3.63) is 23.8 Å². The largest absolute Gasteiger partial charge is 0.398 e. The van der Waals surface area contributed by atoms with Crippen molar-refractivity contribution < 1.29 is 4.74 Å². The zero-order valence-corrected chi connectivity index (χ0v) is 9.65. The second kappa shape index (κ2) is 3.67. The van der Waals surface area contributed by atoms with Crippen molar-refractivity contribution in [2.75, 3.05) is 23.7 Å². The number of fused-ring (bicyclic) bond motifs is 2. The summed E-state index contributed by atoms with van der Waals surface area (Å²) in [6, 6.07) is 6.35. The van der Waals surface area contributed by atoms with E-state index < -0.39 is 0 Å². The first kappa shape index (κ1) is 9.97. The third-order valence-electron chi connectivity index (χ3n) is 3.67. The third-order valence-corrected chi connectivity index (χ3v) is 3.67. The van der Waals surface area contributed by atoms with Gasteiger partial charge in [0.2, 0.25) is 0 Å². The normalized spacial score (nSPS) is 28.4. The number of hydrogen-bond donors (Lipinski definition) is 1. The maximum Gasteiger partial charge on any atom is 0.0755 e. The molecular formula is C13H18N2O. The molecule has 0 aromatic heterocycles. The van der Waals surface area contributed by atoms with Gasteiger partial charge in [0.25, 0.3) is 0 Å². The molecule has 0 aliphatic carbocycles. The lowest BCUT2D eigenvalue weighted by Crippen LogP contribution is -2.42. The van der Waals surface area contributed by atoms with Gasteiger partial charge < -0.3 is 15.4 Å². The molecule has 2 atom stereocenters. The first-order valence-corrected chi connectivity index (χ1v) is 5.99. The third kappa shape index (κ3) is 1.65. The monoisotopic (exact) mass is 218 g/mol. The summed E-state index contributed by atoms with van der Waals surface area (Å²) in [5.74, 6) is 0. The number of benzene rings is 1. The molecule has 0 saturated carbocycles. The smallest absolute Gasteiger partial charge is 0.0755 e. The van der Waals surface area contributed by atoms with Crippen LogP contribution >= 0.6 is 0 Å². The van der Waals surface area contributed by atoms with Crippen molar-refractivity contribution in [3.8, 4) is 0 Å². The zero-order valence-electron chi connectivity index (χ0n) is 9.65. The number of aryl methyl sites for hydroxylation is 1. The van der Waals surface area contributed by atoms with Crippen LogP contribution in [0.3, 0.4) is 0 Å². The Morgan fingerprint density at radius 1 is 1.25 bits per heavy atom. The van der Waals surface area contributed by atoms with E-state index in [2.05, 4.69) is 23.1 Å². The van der Waals surface area contributed by atoms with Crippen molar-refractivity contribution in [1.82, 2.24) is 0 Å². The van der Waals surface area contributed by atoms with Crippen molar-refractivity contribution in [3.63, 3.8) is 0 Å². The van der Waals surface area contributed by atoms with E-state index in [1.165, 1.54) is 18.5 Å². The Bertz CT molecular complexity index is 393. The maximum absolute atomic E-state index is 5.95. The number of nitrogen functional groups attached to an aromatic ring is 1. The summed E-state index contributed by atoms with van der Waals surface area (Å²) in [6.07, 6.45) is 3.29. The molecule has 2 bridgehead atoms. The zero-order chi connectivity index (χ0) is 11.1. The van der Waals surface area contributed by atoms with Crippen LogP contribution in [0.15, 0.2) is 18.2 Å². The molecule has 2 aliphatic rings. The minimum atomic E-state index is 0.432. The fraction of sp³-hybridized carbons (Fsp3) is 0.538. The van der Waals surface area contributed by atoms with Gasteiger partial charge in [0.15, 0.2) is 0 Å². The minimum Gasteiger partial charge on any atom is -0.398 e.